The van der Waals surface area contributed by atoms with E-state index in [0.717, 1.165) is 49.0 Å². The topological polar surface area (TPSA) is 107 Å². The van der Waals surface area contributed by atoms with Crippen LogP contribution in [0.15, 0.2) is 23.1 Å². The predicted molar refractivity (Wildman–Crippen MR) is 124 cm³/mol. The number of hydrogen-bond donors (Lipinski definition) is 1. The Morgan fingerprint density at radius 2 is 1.62 bits per heavy atom. The third-order valence-corrected chi connectivity index (χ3v) is 9.80. The molecule has 184 valence electrons. The monoisotopic (exact) mass is 488 g/mol. The second kappa shape index (κ2) is 8.64. The Hall–Kier alpha value is -2.46. The second-order valence-electron chi connectivity index (χ2n) is 9.94. The molecule has 2 heterocycles. The zero-order chi connectivity index (χ0) is 24.1. The largest absolute Gasteiger partial charge is 0.338 e. The van der Waals surface area contributed by atoms with Crippen LogP contribution in [0.5, 0.6) is 0 Å². The summed E-state index contributed by atoms with van der Waals surface area (Å²) in [6.45, 7) is 2.39. The zero-order valence-electron chi connectivity index (χ0n) is 19.6. The average molecular weight is 489 g/mol. The third-order valence-electron chi connectivity index (χ3n) is 7.90. The Labute approximate surface area is 200 Å². The molecule has 1 spiro atoms. The van der Waals surface area contributed by atoms with E-state index < -0.39 is 27.6 Å². The van der Waals surface area contributed by atoms with E-state index >= 15 is 0 Å². The summed E-state index contributed by atoms with van der Waals surface area (Å²) in [4.78, 5) is 41.6. The van der Waals surface area contributed by atoms with Crippen molar-refractivity contribution in [2.45, 2.75) is 74.8 Å². The maximum atomic E-state index is 13.2. The number of aryl methyl sites for hydroxylation is 2. The molecule has 2 aliphatic heterocycles. The van der Waals surface area contributed by atoms with Crippen molar-refractivity contribution in [1.82, 2.24) is 19.4 Å². The van der Waals surface area contributed by atoms with Crippen molar-refractivity contribution in [3.63, 3.8) is 0 Å². The van der Waals surface area contributed by atoms with Crippen molar-refractivity contribution in [3.8, 4) is 0 Å². The zero-order valence-corrected chi connectivity index (χ0v) is 20.4. The van der Waals surface area contributed by atoms with E-state index in [4.69, 9.17) is 0 Å². The first-order valence-corrected chi connectivity index (χ1v) is 13.7. The summed E-state index contributed by atoms with van der Waals surface area (Å²) in [5.41, 5.74) is 1.49. The number of nitrogens with zero attached hydrogens (tertiary/aromatic N) is 3. The van der Waals surface area contributed by atoms with Crippen LogP contribution in [0.4, 0.5) is 4.79 Å². The van der Waals surface area contributed by atoms with E-state index in [9.17, 15) is 22.8 Å². The number of nitrogens with one attached hydrogen (secondary N) is 1. The van der Waals surface area contributed by atoms with E-state index in [1.807, 2.05) is 6.07 Å². The van der Waals surface area contributed by atoms with Crippen LogP contribution in [-0.2, 0) is 32.5 Å². The maximum absolute atomic E-state index is 13.2. The molecule has 2 aliphatic carbocycles. The summed E-state index contributed by atoms with van der Waals surface area (Å²) < 4.78 is 27.9. The molecule has 1 N–H and O–H groups in total. The minimum Gasteiger partial charge on any atom is -0.338 e. The van der Waals surface area contributed by atoms with E-state index in [2.05, 4.69) is 5.32 Å². The van der Waals surface area contributed by atoms with Gasteiger partial charge < -0.3 is 10.2 Å². The second-order valence-corrected chi connectivity index (χ2v) is 11.9. The number of imide groups is 1. The van der Waals surface area contributed by atoms with Crippen LogP contribution in [0.25, 0.3) is 0 Å². The molecule has 0 radical (unpaired) electrons. The number of fused-ring (bicyclic) bond motifs is 1. The first-order chi connectivity index (χ1) is 16.2. The van der Waals surface area contributed by atoms with Crippen LogP contribution in [-0.4, -0.2) is 78.1 Å². The predicted octanol–water partition coefficient (Wildman–Crippen LogP) is 1.65. The summed E-state index contributed by atoms with van der Waals surface area (Å²) >= 11 is 0. The molecule has 1 aromatic rings. The molecular weight excluding hydrogens is 456 g/mol. The summed E-state index contributed by atoms with van der Waals surface area (Å²) in [6, 6.07) is 3.99. The molecule has 0 bridgehead atoms. The first kappa shape index (κ1) is 23.3. The number of carbonyl (C=O) groups is 3. The number of benzene rings is 1. The SMILES string of the molecule is CC(C(=O)N1CCN(S(=O)(=O)c2ccc3c(c2)CCCC3)CC1)N1C(=O)NC2(CCCC2)C1=O. The van der Waals surface area contributed by atoms with Gasteiger partial charge >= 0.3 is 6.03 Å². The van der Waals surface area contributed by atoms with Gasteiger partial charge in [0.25, 0.3) is 5.91 Å². The molecule has 2 saturated heterocycles. The van der Waals surface area contributed by atoms with Gasteiger partial charge in [-0.2, -0.15) is 4.31 Å². The van der Waals surface area contributed by atoms with Crippen LogP contribution >= 0.6 is 0 Å². The summed E-state index contributed by atoms with van der Waals surface area (Å²) in [5.74, 6) is -0.645. The van der Waals surface area contributed by atoms with Crippen LogP contribution in [0.2, 0.25) is 0 Å². The average Bonchev–Trinajstić information content (AvgIpc) is 3.41. The van der Waals surface area contributed by atoms with Gasteiger partial charge in [0.15, 0.2) is 0 Å². The standard InChI is InChI=1S/C24H32N4O5S/c1-17(28-22(30)24(25-23(28)31)10-4-5-11-24)21(29)26-12-14-27(15-13-26)34(32,33)20-9-8-18-6-2-3-7-19(18)16-20/h8-9,16-17H,2-7,10-15H2,1H3,(H,25,31). The van der Waals surface area contributed by atoms with E-state index in [1.54, 1.807) is 24.0 Å². The van der Waals surface area contributed by atoms with Crippen molar-refractivity contribution in [1.29, 1.82) is 0 Å². The molecule has 10 heteroatoms. The summed E-state index contributed by atoms with van der Waals surface area (Å²) in [5, 5.41) is 2.81. The molecule has 1 aromatic carbocycles. The third kappa shape index (κ3) is 3.80. The fraction of sp³-hybridized carbons (Fsp3) is 0.625. The molecule has 1 unspecified atom stereocenters. The van der Waals surface area contributed by atoms with Gasteiger partial charge in [0.1, 0.15) is 11.6 Å². The van der Waals surface area contributed by atoms with E-state index in [0.29, 0.717) is 17.7 Å². The Morgan fingerprint density at radius 3 is 2.29 bits per heavy atom. The minimum atomic E-state index is -3.65. The number of carbonyl (C=O) groups excluding carboxylic acids is 3. The lowest BCUT2D eigenvalue weighted by Gasteiger charge is -2.36. The van der Waals surface area contributed by atoms with Gasteiger partial charge in [-0.25, -0.2) is 18.1 Å². The molecule has 34 heavy (non-hydrogen) atoms. The lowest BCUT2D eigenvalue weighted by molar-refractivity contribution is -0.143. The maximum Gasteiger partial charge on any atom is 0.325 e. The fourth-order valence-electron chi connectivity index (χ4n) is 5.85. The highest BCUT2D eigenvalue weighted by Crippen LogP contribution is 2.36. The number of amides is 4. The van der Waals surface area contributed by atoms with Crippen molar-refractivity contribution in [2.75, 3.05) is 26.2 Å². The van der Waals surface area contributed by atoms with Crippen LogP contribution < -0.4 is 5.32 Å². The fourth-order valence-corrected chi connectivity index (χ4v) is 7.33. The lowest BCUT2D eigenvalue weighted by atomic mass is 9.92. The summed E-state index contributed by atoms with van der Waals surface area (Å²) in [7, 11) is -3.65. The van der Waals surface area contributed by atoms with E-state index in [1.165, 1.54) is 9.87 Å². The van der Waals surface area contributed by atoms with E-state index in [-0.39, 0.29) is 38.0 Å². The van der Waals surface area contributed by atoms with Crippen LogP contribution in [0.1, 0.15) is 56.6 Å². The van der Waals surface area contributed by atoms with Gasteiger partial charge in [-0.15, -0.1) is 0 Å². The van der Waals surface area contributed by atoms with Gasteiger partial charge in [0.2, 0.25) is 15.9 Å². The molecule has 4 amide bonds. The highest BCUT2D eigenvalue weighted by atomic mass is 32.2. The van der Waals surface area contributed by atoms with Crippen molar-refractivity contribution in [2.24, 2.45) is 0 Å². The molecular formula is C24H32N4O5S. The molecule has 1 atom stereocenters. The first-order valence-electron chi connectivity index (χ1n) is 12.3. The highest BCUT2D eigenvalue weighted by molar-refractivity contribution is 7.89. The van der Waals surface area contributed by atoms with Gasteiger partial charge in [0.05, 0.1) is 4.90 Å². The Kier molecular flexibility index (Phi) is 5.92. The normalized spacial score (nSPS) is 23.8. The highest BCUT2D eigenvalue weighted by Gasteiger charge is 2.55. The molecule has 9 nitrogen and oxygen atoms in total. The van der Waals surface area contributed by atoms with Gasteiger partial charge in [0, 0.05) is 26.2 Å². The molecule has 5 rings (SSSR count). The Balaban J connectivity index is 1.24. The number of hydrogen-bond acceptors (Lipinski definition) is 5. The van der Waals surface area contributed by atoms with Gasteiger partial charge in [-0.3, -0.25) is 9.59 Å². The lowest BCUT2D eigenvalue weighted by Crippen LogP contribution is -2.56. The number of piperazine rings is 1. The summed E-state index contributed by atoms with van der Waals surface area (Å²) in [6.07, 6.45) is 7.08. The minimum absolute atomic E-state index is 0.182. The molecule has 1 saturated carbocycles. The quantitative estimate of drug-likeness (QED) is 0.649. The molecule has 4 aliphatic rings. The molecule has 3 fully saturated rings. The van der Waals surface area contributed by atoms with Crippen molar-refractivity contribution < 1.29 is 22.8 Å². The number of sulfonamides is 1. The molecule has 0 aromatic heterocycles. The number of urea groups is 1. The van der Waals surface area contributed by atoms with Crippen molar-refractivity contribution >= 4 is 27.9 Å². The Bertz CT molecular complexity index is 1120. The Morgan fingerprint density at radius 1 is 0.971 bits per heavy atom. The van der Waals surface area contributed by atoms with Crippen molar-refractivity contribution in [3.05, 3.63) is 29.3 Å². The van der Waals surface area contributed by atoms with Crippen LogP contribution in [0.3, 0.4) is 0 Å². The smallest absolute Gasteiger partial charge is 0.325 e. The van der Waals surface area contributed by atoms with Gasteiger partial charge in [-0.1, -0.05) is 18.9 Å². The van der Waals surface area contributed by atoms with Crippen LogP contribution in [0, 0.1) is 0 Å². The van der Waals surface area contributed by atoms with Gasteiger partial charge in [-0.05, 0) is 68.7 Å². The number of rotatable bonds is 4.